The Kier molecular flexibility index (Phi) is 5.48. The second-order valence-corrected chi connectivity index (χ2v) is 6.26. The van der Waals surface area contributed by atoms with E-state index >= 15 is 0 Å². The minimum absolute atomic E-state index is 0.277. The summed E-state index contributed by atoms with van der Waals surface area (Å²) < 4.78 is 0. The van der Waals surface area contributed by atoms with Gasteiger partial charge in [-0.15, -0.1) is 0 Å². The molecule has 0 bridgehead atoms. The van der Waals surface area contributed by atoms with Crippen molar-refractivity contribution in [3.8, 4) is 5.75 Å². The molecule has 0 fully saturated rings. The molecule has 1 unspecified atom stereocenters. The maximum atomic E-state index is 12.1. The van der Waals surface area contributed by atoms with Crippen LogP contribution in [0.4, 0.5) is 0 Å². The summed E-state index contributed by atoms with van der Waals surface area (Å²) in [5.41, 5.74) is 2.14. The van der Waals surface area contributed by atoms with Gasteiger partial charge >= 0.3 is 0 Å². The summed E-state index contributed by atoms with van der Waals surface area (Å²) in [7, 11) is 0. The van der Waals surface area contributed by atoms with Crippen LogP contribution in [0.5, 0.6) is 5.75 Å². The van der Waals surface area contributed by atoms with E-state index in [2.05, 4.69) is 13.0 Å². The number of allylic oxidation sites excluding steroid dienone is 4. The molecule has 0 aliphatic heterocycles. The van der Waals surface area contributed by atoms with Gasteiger partial charge in [-0.25, -0.2) is 0 Å². The largest absolute Gasteiger partial charge is 0.508 e. The van der Waals surface area contributed by atoms with Gasteiger partial charge in [0.15, 0.2) is 5.78 Å². The minimum atomic E-state index is 0.277. The number of phenolic OH excluding ortho intramolecular Hbond substituents is 1. The van der Waals surface area contributed by atoms with Crippen LogP contribution in [0.15, 0.2) is 48.1 Å². The molecule has 0 heterocycles. The highest BCUT2D eigenvalue weighted by Crippen LogP contribution is 2.21. The molecule has 0 amide bonds. The van der Waals surface area contributed by atoms with Crippen molar-refractivity contribution in [2.75, 3.05) is 5.75 Å². The fraction of sp³-hybridized carbons (Fsp3) is 0.353. The van der Waals surface area contributed by atoms with E-state index in [1.54, 1.807) is 23.9 Å². The monoisotopic (exact) mass is 288 g/mol. The molecule has 0 aromatic heterocycles. The molecule has 1 aliphatic carbocycles. The summed E-state index contributed by atoms with van der Waals surface area (Å²) in [6, 6.07) is 7.23. The molecule has 1 aromatic carbocycles. The van der Waals surface area contributed by atoms with Crippen LogP contribution < -0.4 is 0 Å². The van der Waals surface area contributed by atoms with E-state index in [1.807, 2.05) is 24.3 Å². The third-order valence-electron chi connectivity index (χ3n) is 3.32. The predicted molar refractivity (Wildman–Crippen MR) is 84.9 cm³/mol. The van der Waals surface area contributed by atoms with Crippen LogP contribution in [0.25, 0.3) is 0 Å². The Labute approximate surface area is 124 Å². The molecule has 3 heteroatoms. The van der Waals surface area contributed by atoms with Gasteiger partial charge in [-0.05, 0) is 35.6 Å². The van der Waals surface area contributed by atoms with Gasteiger partial charge in [0.2, 0.25) is 0 Å². The van der Waals surface area contributed by atoms with E-state index in [4.69, 9.17) is 0 Å². The van der Waals surface area contributed by atoms with Crippen molar-refractivity contribution < 1.29 is 9.90 Å². The molecule has 1 atom stereocenters. The molecule has 2 nitrogen and oxygen atoms in total. The molecular weight excluding hydrogens is 268 g/mol. The molecule has 106 valence electrons. The number of phenols is 1. The van der Waals surface area contributed by atoms with E-state index < -0.39 is 0 Å². The van der Waals surface area contributed by atoms with Gasteiger partial charge in [0.05, 0.1) is 0 Å². The lowest BCUT2D eigenvalue weighted by atomic mass is 9.92. The highest BCUT2D eigenvalue weighted by molar-refractivity contribution is 7.98. The fourth-order valence-electron chi connectivity index (χ4n) is 2.16. The molecule has 1 aromatic rings. The van der Waals surface area contributed by atoms with Crippen molar-refractivity contribution in [2.24, 2.45) is 5.92 Å². The van der Waals surface area contributed by atoms with E-state index in [9.17, 15) is 9.90 Å². The van der Waals surface area contributed by atoms with Gasteiger partial charge < -0.3 is 5.11 Å². The van der Waals surface area contributed by atoms with Gasteiger partial charge in [-0.2, -0.15) is 11.8 Å². The number of thioether (sulfide) groups is 1. The van der Waals surface area contributed by atoms with Crippen molar-refractivity contribution in [3.63, 3.8) is 0 Å². The molecule has 1 aliphatic rings. The summed E-state index contributed by atoms with van der Waals surface area (Å²) in [6.07, 6.45) is 7.56. The average Bonchev–Trinajstić information content (AvgIpc) is 2.45. The molecule has 20 heavy (non-hydrogen) atoms. The zero-order chi connectivity index (χ0) is 14.4. The first-order chi connectivity index (χ1) is 9.65. The lowest BCUT2D eigenvalue weighted by molar-refractivity contribution is -0.115. The zero-order valence-corrected chi connectivity index (χ0v) is 12.5. The molecule has 2 rings (SSSR count). The number of carbonyl (C=O) groups excluding carboxylic acids is 1. The Balaban J connectivity index is 1.71. The van der Waals surface area contributed by atoms with Gasteiger partial charge in [-0.1, -0.05) is 37.3 Å². The molecular formula is C17H20O2S. The van der Waals surface area contributed by atoms with E-state index in [1.165, 1.54) is 5.56 Å². The van der Waals surface area contributed by atoms with Crippen LogP contribution >= 0.6 is 11.8 Å². The number of Topliss-reactive ketones (excluding diaryl/α,β-unsaturated/α-hetero) is 1. The number of ketones is 1. The summed E-state index contributed by atoms with van der Waals surface area (Å²) >= 11 is 1.76. The van der Waals surface area contributed by atoms with Crippen molar-refractivity contribution in [3.05, 3.63) is 53.6 Å². The fourth-order valence-corrected chi connectivity index (χ4v) is 3.06. The Morgan fingerprint density at radius 1 is 1.35 bits per heavy atom. The van der Waals surface area contributed by atoms with Crippen molar-refractivity contribution in [1.29, 1.82) is 0 Å². The second kappa shape index (κ2) is 7.34. The van der Waals surface area contributed by atoms with Crippen LogP contribution in [0.3, 0.4) is 0 Å². The molecule has 0 saturated carbocycles. The standard InChI is InChI=1S/C17H20O2S/c1-13-3-2-4-15(11-13)17(19)9-10-20-12-14-5-7-16(18)8-6-14/h2-8,13,18H,9-12H2,1H3. The molecule has 0 saturated heterocycles. The highest BCUT2D eigenvalue weighted by atomic mass is 32.2. The Hall–Kier alpha value is -1.48. The van der Waals surface area contributed by atoms with Gasteiger partial charge in [-0.3, -0.25) is 4.79 Å². The van der Waals surface area contributed by atoms with E-state index in [-0.39, 0.29) is 5.78 Å². The minimum Gasteiger partial charge on any atom is -0.508 e. The maximum Gasteiger partial charge on any atom is 0.159 e. The predicted octanol–water partition coefficient (Wildman–Crippen LogP) is 4.11. The van der Waals surface area contributed by atoms with Gasteiger partial charge in [0.25, 0.3) is 0 Å². The topological polar surface area (TPSA) is 37.3 Å². The zero-order valence-electron chi connectivity index (χ0n) is 11.7. The lowest BCUT2D eigenvalue weighted by Crippen LogP contribution is -2.09. The average molecular weight is 288 g/mol. The van der Waals surface area contributed by atoms with Crippen LogP contribution in [0, 0.1) is 5.92 Å². The quantitative estimate of drug-likeness (QED) is 0.801. The van der Waals surface area contributed by atoms with Crippen LogP contribution in [0.1, 0.15) is 25.3 Å². The highest BCUT2D eigenvalue weighted by Gasteiger charge is 2.13. The van der Waals surface area contributed by atoms with E-state index in [0.29, 0.717) is 18.1 Å². The second-order valence-electron chi connectivity index (χ2n) is 5.15. The summed E-state index contributed by atoms with van der Waals surface area (Å²) in [5, 5.41) is 9.20. The first-order valence-electron chi connectivity index (χ1n) is 6.91. The first-order valence-corrected chi connectivity index (χ1v) is 8.07. The number of hydrogen-bond donors (Lipinski definition) is 1. The summed E-state index contributed by atoms with van der Waals surface area (Å²) in [4.78, 5) is 12.1. The van der Waals surface area contributed by atoms with Crippen LogP contribution in [0.2, 0.25) is 0 Å². The van der Waals surface area contributed by atoms with Crippen LogP contribution in [-0.4, -0.2) is 16.6 Å². The van der Waals surface area contributed by atoms with Crippen molar-refractivity contribution in [2.45, 2.75) is 25.5 Å². The third kappa shape index (κ3) is 4.57. The number of carbonyl (C=O) groups is 1. The number of rotatable bonds is 6. The van der Waals surface area contributed by atoms with Gasteiger partial charge in [0, 0.05) is 17.9 Å². The first kappa shape index (κ1) is 14.9. The molecule has 1 N–H and O–H groups in total. The van der Waals surface area contributed by atoms with Crippen molar-refractivity contribution >= 4 is 17.5 Å². The SMILES string of the molecule is CC1C=CC=C(C(=O)CCSCc2ccc(O)cc2)C1. The Bertz CT molecular complexity index is 514. The Morgan fingerprint density at radius 2 is 2.10 bits per heavy atom. The third-order valence-corrected chi connectivity index (χ3v) is 4.35. The summed E-state index contributed by atoms with van der Waals surface area (Å²) in [5.74, 6) is 2.77. The number of hydrogen-bond acceptors (Lipinski definition) is 3. The number of aromatic hydroxyl groups is 1. The van der Waals surface area contributed by atoms with Gasteiger partial charge in [0.1, 0.15) is 5.75 Å². The Morgan fingerprint density at radius 3 is 2.80 bits per heavy atom. The molecule has 0 radical (unpaired) electrons. The normalized spacial score (nSPS) is 17.9. The van der Waals surface area contributed by atoms with E-state index in [0.717, 1.165) is 23.5 Å². The van der Waals surface area contributed by atoms with Crippen molar-refractivity contribution in [1.82, 2.24) is 0 Å². The maximum absolute atomic E-state index is 12.1. The molecule has 0 spiro atoms. The lowest BCUT2D eigenvalue weighted by Gasteiger charge is -2.13. The smallest absolute Gasteiger partial charge is 0.159 e. The number of benzene rings is 1. The van der Waals surface area contributed by atoms with Crippen LogP contribution in [-0.2, 0) is 10.5 Å². The summed E-state index contributed by atoms with van der Waals surface area (Å²) in [6.45, 7) is 2.14.